The molecule has 0 spiro atoms. The van der Waals surface area contributed by atoms with Crippen molar-refractivity contribution in [2.24, 2.45) is 0 Å². The van der Waals surface area contributed by atoms with Crippen LogP contribution in [0.1, 0.15) is 115 Å². The predicted molar refractivity (Wildman–Crippen MR) is 184 cm³/mol. The fraction of sp³-hybridized carbons (Fsp3) is 0.543. The Morgan fingerprint density at radius 2 is 1.11 bits per heavy atom. The van der Waals surface area contributed by atoms with Crippen molar-refractivity contribution in [3.63, 3.8) is 0 Å². The lowest BCUT2D eigenvalue weighted by molar-refractivity contribution is 0.233. The molecule has 0 saturated heterocycles. The van der Waals surface area contributed by atoms with Gasteiger partial charge in [0.05, 0.1) is 19.1 Å². The third-order valence-electron chi connectivity index (χ3n) is 2.87. The topological polar surface area (TPSA) is 20.2 Å². The van der Waals surface area contributed by atoms with Crippen LogP contribution in [0, 0.1) is 0 Å². The van der Waals surface area contributed by atoms with E-state index in [0.717, 1.165) is 30.4 Å². The van der Waals surface area contributed by atoms with Crippen LogP contribution in [0.3, 0.4) is 0 Å². The van der Waals surface area contributed by atoms with Crippen LogP contribution in [-0.2, 0) is 0 Å². The average Bonchev–Trinajstić information content (AvgIpc) is 2.99. The van der Waals surface area contributed by atoms with Crippen molar-refractivity contribution in [2.45, 2.75) is 121 Å². The van der Waals surface area contributed by atoms with E-state index in [2.05, 4.69) is 58.7 Å². The molecule has 0 amide bonds. The summed E-state index contributed by atoms with van der Waals surface area (Å²) in [6.45, 7) is 48.6. The van der Waals surface area contributed by atoms with Gasteiger partial charge in [0.2, 0.25) is 0 Å². The quantitative estimate of drug-likeness (QED) is 0.173. The summed E-state index contributed by atoms with van der Waals surface area (Å²) in [7, 11) is 0.500. The lowest BCUT2D eigenvalue weighted by atomic mass is 10.0. The van der Waals surface area contributed by atoms with E-state index in [9.17, 15) is 13.9 Å². The van der Waals surface area contributed by atoms with Gasteiger partial charge in [0, 0.05) is 6.42 Å². The smallest absolute Gasteiger partial charge is 0.0962 e. The number of halogens is 2. The summed E-state index contributed by atoms with van der Waals surface area (Å²) >= 11 is 0. The van der Waals surface area contributed by atoms with Gasteiger partial charge >= 0.3 is 0 Å². The molecule has 0 radical (unpaired) electrons. The van der Waals surface area contributed by atoms with Crippen LogP contribution >= 0.6 is 0 Å². The molecule has 0 aliphatic heterocycles. The number of alkyl halides is 1. The normalized spacial score (nSPS) is 8.95. The first-order valence-electron chi connectivity index (χ1n) is 13.8. The molecule has 38 heavy (non-hydrogen) atoms. The van der Waals surface area contributed by atoms with Gasteiger partial charge in [-0.25, -0.2) is 4.39 Å². The lowest BCUT2D eigenvalue weighted by Crippen LogP contribution is -2.05. The van der Waals surface area contributed by atoms with Crippen LogP contribution in [0.5, 0.6) is 0 Å². The fourth-order valence-corrected chi connectivity index (χ4v) is 1.83. The SMILES string of the molecule is C=C.C=C.C=C.C=C(C)/C(=C\CC/C(F)=C\CCC/C=C/C)C(C)O.C=CC.CC.CC.CC.CC.CF. The number of hydrogen-bond acceptors (Lipinski definition) is 1. The highest BCUT2D eigenvalue weighted by Crippen LogP contribution is 2.16. The molecule has 0 aromatic heterocycles. The average molecular weight is 547 g/mol. The molecule has 0 aromatic rings. The van der Waals surface area contributed by atoms with E-state index in [1.54, 1.807) is 19.1 Å². The van der Waals surface area contributed by atoms with Crippen LogP contribution in [0.25, 0.3) is 0 Å². The summed E-state index contributed by atoms with van der Waals surface area (Å²) < 4.78 is 23.0. The monoisotopic (exact) mass is 547 g/mol. The van der Waals surface area contributed by atoms with Gasteiger partial charge in [-0.3, -0.25) is 4.39 Å². The van der Waals surface area contributed by atoms with Crippen LogP contribution in [0.2, 0.25) is 0 Å². The molecule has 1 atom stereocenters. The third-order valence-corrected chi connectivity index (χ3v) is 2.87. The van der Waals surface area contributed by atoms with E-state index >= 15 is 0 Å². The van der Waals surface area contributed by atoms with E-state index in [0.29, 0.717) is 20.0 Å². The second-order valence-corrected chi connectivity index (χ2v) is 5.21. The molecule has 0 heterocycles. The van der Waals surface area contributed by atoms with E-state index < -0.39 is 6.10 Å². The van der Waals surface area contributed by atoms with Crippen molar-refractivity contribution in [3.8, 4) is 0 Å². The van der Waals surface area contributed by atoms with Crippen LogP contribution in [0.15, 0.2) is 100.0 Å². The predicted octanol–water partition coefficient (Wildman–Crippen LogP) is 13.5. The Balaban J connectivity index is -0.0000000429. The first-order chi connectivity index (χ1) is 18.4. The maximum Gasteiger partial charge on any atom is 0.0962 e. The van der Waals surface area contributed by atoms with E-state index in [4.69, 9.17) is 0 Å². The highest BCUT2D eigenvalue weighted by molar-refractivity contribution is 5.29. The second kappa shape index (κ2) is 101. The summed E-state index contributed by atoms with van der Waals surface area (Å²) in [6, 6.07) is 0. The van der Waals surface area contributed by atoms with Gasteiger partial charge in [0.15, 0.2) is 0 Å². The molecule has 0 aliphatic carbocycles. The van der Waals surface area contributed by atoms with Gasteiger partial charge in [-0.15, -0.1) is 46.1 Å². The number of rotatable bonds is 9. The minimum absolute atomic E-state index is 0.0663. The number of aliphatic hydroxyl groups excluding tert-OH is 1. The van der Waals surface area contributed by atoms with Gasteiger partial charge in [-0.2, -0.15) is 0 Å². The molecule has 3 heteroatoms. The summed E-state index contributed by atoms with van der Waals surface area (Å²) in [5.41, 5.74) is 1.65. The maximum atomic E-state index is 13.5. The van der Waals surface area contributed by atoms with Crippen molar-refractivity contribution < 1.29 is 13.9 Å². The minimum atomic E-state index is -0.537. The van der Waals surface area contributed by atoms with Gasteiger partial charge in [-0.1, -0.05) is 97.9 Å². The largest absolute Gasteiger partial charge is 0.389 e. The van der Waals surface area contributed by atoms with E-state index in [1.807, 2.05) is 88.3 Å². The molecule has 0 aromatic carbocycles. The highest BCUT2D eigenvalue weighted by Gasteiger charge is 2.05. The summed E-state index contributed by atoms with van der Waals surface area (Å²) in [5, 5.41) is 9.53. The number of hydrogen-bond donors (Lipinski definition) is 1. The zero-order chi connectivity index (χ0) is 33.4. The summed E-state index contributed by atoms with van der Waals surface area (Å²) in [4.78, 5) is 0. The molecule has 0 rings (SSSR count). The van der Waals surface area contributed by atoms with Gasteiger partial charge in [0.1, 0.15) is 0 Å². The van der Waals surface area contributed by atoms with E-state index in [-0.39, 0.29) is 5.83 Å². The number of allylic oxidation sites excluding steroid dienone is 6. The number of unbranched alkanes of at least 4 members (excludes halogenated alkanes) is 2. The Morgan fingerprint density at radius 1 is 0.763 bits per heavy atom. The van der Waals surface area contributed by atoms with Crippen molar-refractivity contribution >= 4 is 0 Å². The molecule has 0 bridgehead atoms. The summed E-state index contributed by atoms with van der Waals surface area (Å²) in [6.07, 6.45) is 12.6. The molecule has 1 unspecified atom stereocenters. The van der Waals surface area contributed by atoms with Crippen LogP contribution in [-0.4, -0.2) is 18.4 Å². The second-order valence-electron chi connectivity index (χ2n) is 5.21. The fourth-order valence-electron chi connectivity index (χ4n) is 1.83. The van der Waals surface area contributed by atoms with Crippen molar-refractivity contribution in [3.05, 3.63) is 100.0 Å². The molecule has 0 saturated carbocycles. The molecule has 1 nitrogen and oxygen atoms in total. The van der Waals surface area contributed by atoms with Crippen LogP contribution < -0.4 is 0 Å². The Kier molecular flexibility index (Phi) is 174. The maximum absolute atomic E-state index is 13.5. The van der Waals surface area contributed by atoms with Crippen molar-refractivity contribution in [1.29, 1.82) is 0 Å². The van der Waals surface area contributed by atoms with Gasteiger partial charge in [0.25, 0.3) is 0 Å². The first-order valence-corrected chi connectivity index (χ1v) is 13.8. The first kappa shape index (κ1) is 65.1. The standard InChI is InChI=1S/C17H27FO.C3H6.4C2H6.3C2H4.CH3F/c1-5-6-7-8-9-11-16(18)12-10-13-17(14(2)3)15(4)19;1-3-2;8*1-2/h5-6,11,13,15,19H,2,7-10,12H2,1,3-4H3;3H,1H2,2H3;4*1-2H3;3*1-2H2;1H3/b6-5+,16-11+,17-13+;;;;;;;;;. The molecule has 0 fully saturated rings. The minimum Gasteiger partial charge on any atom is -0.389 e. The Bertz CT molecular complexity index is 428. The third kappa shape index (κ3) is 103. The van der Waals surface area contributed by atoms with Gasteiger partial charge in [-0.05, 0) is 59.0 Å². The molecular formula is C35H72F2O. The van der Waals surface area contributed by atoms with Crippen molar-refractivity contribution in [1.82, 2.24) is 0 Å². The molecule has 232 valence electrons. The van der Waals surface area contributed by atoms with E-state index in [1.165, 1.54) is 0 Å². The molecule has 1 N–H and O–H groups in total. The zero-order valence-corrected chi connectivity index (χ0v) is 28.4. The summed E-state index contributed by atoms with van der Waals surface area (Å²) in [5.74, 6) is -0.0663. The highest BCUT2D eigenvalue weighted by atomic mass is 19.1. The van der Waals surface area contributed by atoms with Crippen LogP contribution in [0.4, 0.5) is 8.78 Å². The Morgan fingerprint density at radius 3 is 1.37 bits per heavy atom. The zero-order valence-electron chi connectivity index (χ0n) is 28.4. The molecule has 0 aliphatic rings. The Labute approximate surface area is 242 Å². The van der Waals surface area contributed by atoms with Gasteiger partial charge < -0.3 is 5.11 Å². The number of aliphatic hydroxyl groups is 1. The lowest BCUT2D eigenvalue weighted by Gasteiger charge is -2.09. The molecular weight excluding hydrogens is 474 g/mol. The van der Waals surface area contributed by atoms with Crippen molar-refractivity contribution in [2.75, 3.05) is 7.18 Å². The Hall–Kier alpha value is -2.26.